The molecule has 0 unspecified atom stereocenters. The molecule has 1 saturated heterocycles. The minimum absolute atomic E-state index is 0.265. The highest BCUT2D eigenvalue weighted by molar-refractivity contribution is 5.68. The van der Waals surface area contributed by atoms with Crippen LogP contribution in [0.25, 0.3) is 11.1 Å². The van der Waals surface area contributed by atoms with E-state index >= 15 is 0 Å². The normalized spacial score (nSPS) is 16.4. The SMILES string of the molecule is CC[C@@H]1CN(Cc2cc(C)cc(OCC(=O)O)c2)CCN1c1ncc(-c2cccc(F)c2)cn1. The van der Waals surface area contributed by atoms with Crippen molar-refractivity contribution in [2.24, 2.45) is 0 Å². The van der Waals surface area contributed by atoms with Gasteiger partial charge in [0.25, 0.3) is 0 Å². The fraction of sp³-hybridized carbons (Fsp3) is 0.346. The van der Waals surface area contributed by atoms with Crippen LogP contribution < -0.4 is 9.64 Å². The maximum Gasteiger partial charge on any atom is 0.341 e. The molecular formula is C26H29FN4O3. The molecule has 1 aromatic heterocycles. The van der Waals surface area contributed by atoms with E-state index in [9.17, 15) is 9.18 Å². The van der Waals surface area contributed by atoms with E-state index in [4.69, 9.17) is 9.84 Å². The number of carbonyl (C=O) groups is 1. The molecule has 4 rings (SSSR count). The lowest BCUT2D eigenvalue weighted by molar-refractivity contribution is -0.139. The van der Waals surface area contributed by atoms with Gasteiger partial charge in [-0.05, 0) is 54.3 Å². The second kappa shape index (κ2) is 10.6. The van der Waals surface area contributed by atoms with E-state index in [2.05, 4.69) is 32.8 Å². The number of ether oxygens (including phenoxy) is 1. The van der Waals surface area contributed by atoms with Gasteiger partial charge in [0.15, 0.2) is 6.61 Å². The zero-order valence-corrected chi connectivity index (χ0v) is 19.4. The van der Waals surface area contributed by atoms with Crippen molar-refractivity contribution < 1.29 is 19.0 Å². The number of benzene rings is 2. The Labute approximate surface area is 198 Å². The third-order valence-electron chi connectivity index (χ3n) is 5.97. The Morgan fingerprint density at radius 1 is 1.15 bits per heavy atom. The number of rotatable bonds is 8. The number of nitrogens with zero attached hydrogens (tertiary/aromatic N) is 4. The van der Waals surface area contributed by atoms with E-state index in [1.54, 1.807) is 18.5 Å². The van der Waals surface area contributed by atoms with Crippen LogP contribution in [0, 0.1) is 12.7 Å². The number of hydrogen-bond acceptors (Lipinski definition) is 6. The molecule has 1 N–H and O–H groups in total. The van der Waals surface area contributed by atoms with Crippen LogP contribution >= 0.6 is 0 Å². The Bertz CT molecular complexity index is 1140. The third-order valence-corrected chi connectivity index (χ3v) is 5.97. The van der Waals surface area contributed by atoms with Gasteiger partial charge < -0.3 is 14.7 Å². The number of aromatic nitrogens is 2. The fourth-order valence-electron chi connectivity index (χ4n) is 4.37. The van der Waals surface area contributed by atoms with Crippen molar-refractivity contribution in [3.63, 3.8) is 0 Å². The van der Waals surface area contributed by atoms with Gasteiger partial charge in [0.2, 0.25) is 5.95 Å². The monoisotopic (exact) mass is 464 g/mol. The predicted molar refractivity (Wildman–Crippen MR) is 128 cm³/mol. The second-order valence-corrected chi connectivity index (χ2v) is 8.61. The summed E-state index contributed by atoms with van der Waals surface area (Å²) in [6.45, 7) is 7.06. The molecule has 2 heterocycles. The van der Waals surface area contributed by atoms with Gasteiger partial charge in [-0.15, -0.1) is 0 Å². The summed E-state index contributed by atoms with van der Waals surface area (Å²) in [4.78, 5) is 24.6. The summed E-state index contributed by atoms with van der Waals surface area (Å²) >= 11 is 0. The summed E-state index contributed by atoms with van der Waals surface area (Å²) in [6.07, 6.45) is 4.45. The lowest BCUT2D eigenvalue weighted by Crippen LogP contribution is -2.53. The molecule has 0 amide bonds. The summed E-state index contributed by atoms with van der Waals surface area (Å²) in [6, 6.07) is 12.6. The Morgan fingerprint density at radius 3 is 2.65 bits per heavy atom. The minimum Gasteiger partial charge on any atom is -0.482 e. The van der Waals surface area contributed by atoms with Crippen molar-refractivity contribution >= 4 is 11.9 Å². The zero-order valence-electron chi connectivity index (χ0n) is 19.4. The highest BCUT2D eigenvalue weighted by Crippen LogP contribution is 2.24. The van der Waals surface area contributed by atoms with E-state index < -0.39 is 5.97 Å². The van der Waals surface area contributed by atoms with Crippen molar-refractivity contribution in [3.8, 4) is 16.9 Å². The lowest BCUT2D eigenvalue weighted by Gasteiger charge is -2.41. The first-order chi connectivity index (χ1) is 16.4. The maximum absolute atomic E-state index is 13.5. The van der Waals surface area contributed by atoms with E-state index in [0.717, 1.165) is 54.9 Å². The summed E-state index contributed by atoms with van der Waals surface area (Å²) in [7, 11) is 0. The topological polar surface area (TPSA) is 78.8 Å². The number of piperazine rings is 1. The van der Waals surface area contributed by atoms with Crippen LogP contribution in [-0.2, 0) is 11.3 Å². The standard InChI is InChI=1S/C26H29FN4O3/c1-3-23-16-30(15-19-9-18(2)10-24(11-19)34-17-25(32)33)7-8-31(23)26-28-13-21(14-29-26)20-5-4-6-22(27)12-20/h4-6,9-14,23H,3,7-8,15-17H2,1-2H3,(H,32,33)/t23-/m1/s1. The quantitative estimate of drug-likeness (QED) is 0.536. The van der Waals surface area contributed by atoms with Gasteiger partial charge in [0.05, 0.1) is 0 Å². The van der Waals surface area contributed by atoms with Crippen LogP contribution in [0.3, 0.4) is 0 Å². The molecule has 0 aliphatic carbocycles. The van der Waals surface area contributed by atoms with Gasteiger partial charge >= 0.3 is 5.97 Å². The molecule has 34 heavy (non-hydrogen) atoms. The van der Waals surface area contributed by atoms with E-state index in [1.165, 1.54) is 12.1 Å². The number of hydrogen-bond donors (Lipinski definition) is 1. The molecule has 1 aliphatic rings. The average molecular weight is 465 g/mol. The van der Waals surface area contributed by atoms with Crippen LogP contribution in [0.5, 0.6) is 5.75 Å². The van der Waals surface area contributed by atoms with Crippen LogP contribution in [0.1, 0.15) is 24.5 Å². The second-order valence-electron chi connectivity index (χ2n) is 8.61. The highest BCUT2D eigenvalue weighted by Gasteiger charge is 2.27. The fourth-order valence-corrected chi connectivity index (χ4v) is 4.37. The Morgan fingerprint density at radius 2 is 1.94 bits per heavy atom. The number of halogens is 1. The van der Waals surface area contributed by atoms with Crippen LogP contribution in [0.15, 0.2) is 54.9 Å². The van der Waals surface area contributed by atoms with Crippen molar-refractivity contribution in [3.05, 3.63) is 71.8 Å². The van der Waals surface area contributed by atoms with E-state index in [-0.39, 0.29) is 18.5 Å². The van der Waals surface area contributed by atoms with Crippen molar-refractivity contribution in [1.29, 1.82) is 0 Å². The maximum atomic E-state index is 13.5. The zero-order chi connectivity index (χ0) is 24.1. The number of carboxylic acids is 1. The molecule has 1 aliphatic heterocycles. The van der Waals surface area contributed by atoms with Crippen LogP contribution in [0.4, 0.5) is 10.3 Å². The van der Waals surface area contributed by atoms with Gasteiger partial charge in [-0.25, -0.2) is 19.2 Å². The summed E-state index contributed by atoms with van der Waals surface area (Å²) in [5.74, 6) is -0.00416. The number of carboxylic acid groups (broad SMARTS) is 1. The molecule has 0 spiro atoms. The molecular weight excluding hydrogens is 435 g/mol. The first-order valence-corrected chi connectivity index (χ1v) is 11.4. The number of anilines is 1. The van der Waals surface area contributed by atoms with Gasteiger partial charge in [-0.1, -0.05) is 25.1 Å². The Kier molecular flexibility index (Phi) is 7.37. The molecule has 7 nitrogen and oxygen atoms in total. The first kappa shape index (κ1) is 23.6. The number of aliphatic carboxylic acids is 1. The van der Waals surface area contributed by atoms with Crippen molar-refractivity contribution in [2.45, 2.75) is 32.9 Å². The van der Waals surface area contributed by atoms with Crippen molar-refractivity contribution in [2.75, 3.05) is 31.1 Å². The van der Waals surface area contributed by atoms with E-state index in [1.807, 2.05) is 25.1 Å². The molecule has 1 fully saturated rings. The van der Waals surface area contributed by atoms with Gasteiger partial charge in [-0.2, -0.15) is 0 Å². The van der Waals surface area contributed by atoms with Crippen molar-refractivity contribution in [1.82, 2.24) is 14.9 Å². The largest absolute Gasteiger partial charge is 0.482 e. The smallest absolute Gasteiger partial charge is 0.341 e. The van der Waals surface area contributed by atoms with Gasteiger partial charge in [0.1, 0.15) is 11.6 Å². The lowest BCUT2D eigenvalue weighted by atomic mass is 10.1. The van der Waals surface area contributed by atoms with Crippen LogP contribution in [-0.4, -0.2) is 58.2 Å². The molecule has 8 heteroatoms. The van der Waals surface area contributed by atoms with Gasteiger partial charge in [-0.3, -0.25) is 4.90 Å². The minimum atomic E-state index is -0.990. The summed E-state index contributed by atoms with van der Waals surface area (Å²) in [5.41, 5.74) is 3.68. The first-order valence-electron chi connectivity index (χ1n) is 11.4. The molecule has 3 aromatic rings. The molecule has 178 valence electrons. The number of aryl methyl sites for hydroxylation is 1. The predicted octanol–water partition coefficient (Wildman–Crippen LogP) is 4.16. The Balaban J connectivity index is 1.42. The molecule has 1 atom stereocenters. The Hall–Kier alpha value is -3.52. The third kappa shape index (κ3) is 5.88. The summed E-state index contributed by atoms with van der Waals surface area (Å²) in [5, 5.41) is 8.87. The van der Waals surface area contributed by atoms with Gasteiger partial charge in [0, 0.05) is 50.2 Å². The highest BCUT2D eigenvalue weighted by atomic mass is 19.1. The molecule has 2 aromatic carbocycles. The molecule has 0 radical (unpaired) electrons. The summed E-state index contributed by atoms with van der Waals surface area (Å²) < 4.78 is 18.9. The average Bonchev–Trinajstić information content (AvgIpc) is 2.82. The molecule has 0 bridgehead atoms. The van der Waals surface area contributed by atoms with E-state index in [0.29, 0.717) is 11.7 Å². The van der Waals surface area contributed by atoms with Crippen LogP contribution in [0.2, 0.25) is 0 Å². The molecule has 0 saturated carbocycles.